The van der Waals surface area contributed by atoms with E-state index in [1.54, 1.807) is 31.3 Å². The van der Waals surface area contributed by atoms with Gasteiger partial charge in [0.1, 0.15) is 11.3 Å². The van der Waals surface area contributed by atoms with Gasteiger partial charge in [0.05, 0.1) is 12.0 Å². The average molecular weight is 595 g/mol. The van der Waals surface area contributed by atoms with Crippen LogP contribution in [0.15, 0.2) is 108 Å². The molecule has 3 atom stereocenters. The first-order valence-corrected chi connectivity index (χ1v) is 15.1. The predicted molar refractivity (Wildman–Crippen MR) is 167 cm³/mol. The molecule has 1 fully saturated rings. The molecule has 1 amide bonds. The van der Waals surface area contributed by atoms with Gasteiger partial charge in [0.2, 0.25) is 0 Å². The van der Waals surface area contributed by atoms with E-state index in [9.17, 15) is 19.7 Å². The molecule has 3 unspecified atom stereocenters. The summed E-state index contributed by atoms with van der Waals surface area (Å²) in [5.74, 6) is -1.17. The van der Waals surface area contributed by atoms with Crippen LogP contribution in [0.3, 0.4) is 0 Å². The lowest BCUT2D eigenvalue weighted by Gasteiger charge is -2.40. The number of nitrogens with zero attached hydrogens (tertiary/aromatic N) is 3. The standard InChI is InChI=1S/C35H38N4O5/c1-24-28(16-17-31(39(42)43)32(24)35(41)44-2)33(37-34(40)30-15-9-10-20-36-30)29(27-13-7-4-8-14-27)23-38-21-18-26(19-22-38)25-11-5-3-6-12-25/h3-15,17,20,26,28-29,33H,16,18-19,21-23H2,1-2H3,(H,37,40). The fourth-order valence-electron chi connectivity index (χ4n) is 6.64. The van der Waals surface area contributed by atoms with Crippen molar-refractivity contribution in [1.82, 2.24) is 15.2 Å². The lowest BCUT2D eigenvalue weighted by Crippen LogP contribution is -2.49. The highest BCUT2D eigenvalue weighted by Crippen LogP contribution is 2.39. The van der Waals surface area contributed by atoms with Crippen molar-refractivity contribution in [3.8, 4) is 0 Å². The third kappa shape index (κ3) is 6.94. The van der Waals surface area contributed by atoms with Crippen LogP contribution in [0.5, 0.6) is 0 Å². The number of carbonyl (C=O) groups is 2. The van der Waals surface area contributed by atoms with Gasteiger partial charge in [-0.15, -0.1) is 0 Å². The van der Waals surface area contributed by atoms with Crippen LogP contribution in [0.1, 0.15) is 59.6 Å². The van der Waals surface area contributed by atoms with E-state index in [0.29, 0.717) is 18.0 Å². The minimum absolute atomic E-state index is 0.0543. The first kappa shape index (κ1) is 30.8. The normalized spacial score (nSPS) is 19.0. The van der Waals surface area contributed by atoms with Crippen molar-refractivity contribution in [3.63, 3.8) is 0 Å². The van der Waals surface area contributed by atoms with Crippen LogP contribution in [0.4, 0.5) is 0 Å². The first-order chi connectivity index (χ1) is 21.4. The molecule has 0 spiro atoms. The van der Waals surface area contributed by atoms with Crippen LogP contribution in [-0.2, 0) is 9.53 Å². The number of carbonyl (C=O) groups excluding carboxylic acids is 2. The number of amides is 1. The van der Waals surface area contributed by atoms with Gasteiger partial charge >= 0.3 is 5.97 Å². The van der Waals surface area contributed by atoms with Gasteiger partial charge in [0, 0.05) is 30.6 Å². The molecule has 2 aromatic carbocycles. The van der Waals surface area contributed by atoms with E-state index in [1.807, 2.05) is 24.3 Å². The molecule has 1 N–H and O–H groups in total. The third-order valence-corrected chi connectivity index (χ3v) is 8.96. The number of methoxy groups -OCH3 is 1. The second kappa shape index (κ2) is 14.2. The molecule has 0 radical (unpaired) electrons. The van der Waals surface area contributed by atoms with E-state index in [4.69, 9.17) is 4.74 Å². The van der Waals surface area contributed by atoms with E-state index in [2.05, 4.69) is 51.6 Å². The Hall–Kier alpha value is -4.63. The molecule has 228 valence electrons. The lowest BCUT2D eigenvalue weighted by molar-refractivity contribution is -0.421. The van der Waals surface area contributed by atoms with Gasteiger partial charge in [-0.3, -0.25) is 19.9 Å². The van der Waals surface area contributed by atoms with Gasteiger partial charge in [-0.2, -0.15) is 0 Å². The van der Waals surface area contributed by atoms with Crippen LogP contribution in [0, 0.1) is 16.0 Å². The summed E-state index contributed by atoms with van der Waals surface area (Å²) in [6.07, 6.45) is 5.40. The molecule has 5 rings (SSSR count). The molecule has 9 heteroatoms. The van der Waals surface area contributed by atoms with Gasteiger partial charge in [-0.1, -0.05) is 66.7 Å². The quantitative estimate of drug-likeness (QED) is 0.187. The first-order valence-electron chi connectivity index (χ1n) is 15.1. The zero-order valence-electron chi connectivity index (χ0n) is 25.1. The molecular weight excluding hydrogens is 556 g/mol. The van der Waals surface area contributed by atoms with Crippen molar-refractivity contribution in [2.24, 2.45) is 5.92 Å². The van der Waals surface area contributed by atoms with Crippen LogP contribution in [-0.4, -0.2) is 59.5 Å². The van der Waals surface area contributed by atoms with Crippen molar-refractivity contribution in [2.75, 3.05) is 26.7 Å². The summed E-state index contributed by atoms with van der Waals surface area (Å²) in [5, 5.41) is 15.2. The summed E-state index contributed by atoms with van der Waals surface area (Å²) in [6.45, 7) is 4.22. The molecule has 9 nitrogen and oxygen atoms in total. The zero-order valence-corrected chi connectivity index (χ0v) is 25.1. The molecule has 1 aliphatic carbocycles. The molecular formula is C35H38N4O5. The number of aromatic nitrogens is 1. The van der Waals surface area contributed by atoms with Crippen molar-refractivity contribution >= 4 is 11.9 Å². The summed E-state index contributed by atoms with van der Waals surface area (Å²) in [4.78, 5) is 44.6. The maximum Gasteiger partial charge on any atom is 0.344 e. The Morgan fingerprint density at radius 2 is 1.68 bits per heavy atom. The summed E-state index contributed by atoms with van der Waals surface area (Å²) in [7, 11) is 1.22. The smallest absolute Gasteiger partial charge is 0.344 e. The van der Waals surface area contributed by atoms with Gasteiger partial charge in [-0.25, -0.2) is 4.79 Å². The molecule has 44 heavy (non-hydrogen) atoms. The Labute approximate surface area is 257 Å². The van der Waals surface area contributed by atoms with Crippen LogP contribution in [0.25, 0.3) is 0 Å². The highest BCUT2D eigenvalue weighted by atomic mass is 16.6. The number of hydrogen-bond donors (Lipinski definition) is 1. The summed E-state index contributed by atoms with van der Waals surface area (Å²) in [5.41, 5.74) is 2.89. The molecule has 1 aliphatic heterocycles. The topological polar surface area (TPSA) is 115 Å². The highest BCUT2D eigenvalue weighted by Gasteiger charge is 2.41. The van der Waals surface area contributed by atoms with Crippen molar-refractivity contribution in [3.05, 3.63) is 135 Å². The SMILES string of the molecule is COC(=O)C1=C(C)C(C(NC(=O)c2ccccn2)C(CN2CCC(c3ccccc3)CC2)c2ccccc2)CC=C1[N+](=O)[O-]. The van der Waals surface area contributed by atoms with Crippen LogP contribution < -0.4 is 5.32 Å². The molecule has 0 bridgehead atoms. The van der Waals surface area contributed by atoms with E-state index in [0.717, 1.165) is 31.5 Å². The largest absolute Gasteiger partial charge is 0.465 e. The van der Waals surface area contributed by atoms with Crippen LogP contribution >= 0.6 is 0 Å². The number of likely N-dealkylation sites (tertiary alicyclic amines) is 1. The Morgan fingerprint density at radius 1 is 1.02 bits per heavy atom. The molecule has 2 aliphatic rings. The van der Waals surface area contributed by atoms with Gasteiger partial charge in [-0.05, 0) is 80.1 Å². The molecule has 1 aromatic heterocycles. The van der Waals surface area contributed by atoms with Crippen molar-refractivity contribution in [2.45, 2.75) is 44.1 Å². The fraction of sp³-hybridized carbons (Fsp3) is 0.343. The maximum absolute atomic E-state index is 13.7. The van der Waals surface area contributed by atoms with Crippen LogP contribution in [0.2, 0.25) is 0 Å². The zero-order chi connectivity index (χ0) is 31.1. The Bertz CT molecular complexity index is 1520. The second-order valence-corrected chi connectivity index (χ2v) is 11.5. The molecule has 3 aromatic rings. The average Bonchev–Trinajstić information content (AvgIpc) is 3.07. The number of allylic oxidation sites excluding steroid dienone is 1. The minimum atomic E-state index is -0.760. The highest BCUT2D eigenvalue weighted by molar-refractivity contribution is 5.94. The second-order valence-electron chi connectivity index (χ2n) is 11.5. The number of esters is 1. The summed E-state index contributed by atoms with van der Waals surface area (Å²) in [6, 6.07) is 25.3. The number of ether oxygens (including phenoxy) is 1. The van der Waals surface area contributed by atoms with E-state index in [-0.39, 0.29) is 35.2 Å². The summed E-state index contributed by atoms with van der Waals surface area (Å²) < 4.78 is 4.98. The lowest BCUT2D eigenvalue weighted by atomic mass is 9.74. The summed E-state index contributed by atoms with van der Waals surface area (Å²) >= 11 is 0. The van der Waals surface area contributed by atoms with E-state index in [1.165, 1.54) is 18.7 Å². The fourth-order valence-corrected chi connectivity index (χ4v) is 6.64. The number of pyridine rings is 1. The molecule has 2 heterocycles. The van der Waals surface area contributed by atoms with Crippen molar-refractivity contribution in [1.29, 1.82) is 0 Å². The van der Waals surface area contributed by atoms with E-state index >= 15 is 0 Å². The Morgan fingerprint density at radius 3 is 2.30 bits per heavy atom. The number of rotatable bonds is 10. The van der Waals surface area contributed by atoms with Gasteiger partial charge in [0.15, 0.2) is 0 Å². The van der Waals surface area contributed by atoms with Gasteiger partial charge in [0.25, 0.3) is 11.6 Å². The molecule has 0 saturated carbocycles. The van der Waals surface area contributed by atoms with Gasteiger partial charge < -0.3 is 15.0 Å². The Balaban J connectivity index is 1.51. The number of nitrogens with one attached hydrogen (secondary N) is 1. The number of hydrogen-bond acceptors (Lipinski definition) is 7. The van der Waals surface area contributed by atoms with E-state index < -0.39 is 22.9 Å². The number of piperidine rings is 1. The monoisotopic (exact) mass is 594 g/mol. The third-order valence-electron chi connectivity index (χ3n) is 8.96. The maximum atomic E-state index is 13.7. The number of nitro groups is 1. The van der Waals surface area contributed by atoms with Crippen molar-refractivity contribution < 1.29 is 19.2 Å². The molecule has 1 saturated heterocycles. The Kier molecular flexibility index (Phi) is 9.96. The predicted octanol–water partition coefficient (Wildman–Crippen LogP) is 5.51. The minimum Gasteiger partial charge on any atom is -0.465 e. The number of benzene rings is 2.